The summed E-state index contributed by atoms with van der Waals surface area (Å²) in [6.45, 7) is 0. The maximum Gasteiger partial charge on any atom is 0.312 e. The predicted molar refractivity (Wildman–Crippen MR) is 47.8 cm³/mol. The number of ether oxygens (including phenoxy) is 1. The first-order valence-corrected chi connectivity index (χ1v) is 4.70. The lowest BCUT2D eigenvalue weighted by atomic mass is 9.83. The molecule has 0 spiro atoms. The number of hydrogen-bond donors (Lipinski definition) is 0. The molecule has 1 aliphatic carbocycles. The molecule has 1 fully saturated rings. The van der Waals surface area contributed by atoms with E-state index in [2.05, 4.69) is 4.74 Å². The van der Waals surface area contributed by atoms with Gasteiger partial charge in [-0.05, 0) is 25.3 Å². The third-order valence-electron chi connectivity index (χ3n) is 2.83. The molecule has 0 atom stereocenters. The van der Waals surface area contributed by atoms with E-state index in [0.29, 0.717) is 12.8 Å². The first kappa shape index (κ1) is 11.1. The van der Waals surface area contributed by atoms with Gasteiger partial charge in [0.25, 0.3) is 6.08 Å². The largest absolute Gasteiger partial charge is 0.469 e. The van der Waals surface area contributed by atoms with Crippen molar-refractivity contribution in [1.29, 1.82) is 0 Å². The van der Waals surface area contributed by atoms with Crippen LogP contribution in [0.25, 0.3) is 0 Å². The number of rotatable bonds is 3. The van der Waals surface area contributed by atoms with Crippen LogP contribution in [0.1, 0.15) is 32.1 Å². The second-order valence-corrected chi connectivity index (χ2v) is 3.68. The van der Waals surface area contributed by atoms with E-state index in [0.717, 1.165) is 18.9 Å². The molecule has 2 nitrogen and oxygen atoms in total. The van der Waals surface area contributed by atoms with Crippen LogP contribution in [0.15, 0.2) is 12.2 Å². The minimum atomic E-state index is -1.72. The molecule has 0 aromatic carbocycles. The SMILES string of the molecule is COC(=O)C1(CC=C(F)F)CCCC1. The monoisotopic (exact) mass is 204 g/mol. The van der Waals surface area contributed by atoms with Gasteiger partial charge in [0.05, 0.1) is 12.5 Å². The van der Waals surface area contributed by atoms with Gasteiger partial charge in [-0.2, -0.15) is 8.78 Å². The van der Waals surface area contributed by atoms with Crippen LogP contribution in [-0.4, -0.2) is 13.1 Å². The van der Waals surface area contributed by atoms with Gasteiger partial charge in [0, 0.05) is 0 Å². The number of esters is 1. The highest BCUT2D eigenvalue weighted by molar-refractivity contribution is 5.77. The number of carbonyl (C=O) groups excluding carboxylic acids is 1. The summed E-state index contributed by atoms with van der Waals surface area (Å²) in [4.78, 5) is 11.5. The molecule has 0 unspecified atom stereocenters. The zero-order valence-electron chi connectivity index (χ0n) is 8.19. The Morgan fingerprint density at radius 1 is 1.43 bits per heavy atom. The maximum absolute atomic E-state index is 11.9. The second kappa shape index (κ2) is 4.53. The van der Waals surface area contributed by atoms with E-state index in [9.17, 15) is 13.6 Å². The zero-order chi connectivity index (χ0) is 10.6. The number of methoxy groups -OCH3 is 1. The van der Waals surface area contributed by atoms with Crippen molar-refractivity contribution in [3.63, 3.8) is 0 Å². The first-order chi connectivity index (χ1) is 6.60. The Labute approximate surface area is 81.9 Å². The van der Waals surface area contributed by atoms with Gasteiger partial charge in [0.1, 0.15) is 0 Å². The first-order valence-electron chi connectivity index (χ1n) is 4.70. The molecule has 4 heteroatoms. The molecule has 0 amide bonds. The van der Waals surface area contributed by atoms with Crippen LogP contribution in [-0.2, 0) is 9.53 Å². The summed E-state index contributed by atoms with van der Waals surface area (Å²) in [7, 11) is 1.30. The van der Waals surface area contributed by atoms with Gasteiger partial charge in [-0.3, -0.25) is 4.79 Å². The lowest BCUT2D eigenvalue weighted by Crippen LogP contribution is -2.28. The van der Waals surface area contributed by atoms with Crippen molar-refractivity contribution in [3.8, 4) is 0 Å². The van der Waals surface area contributed by atoms with Crippen molar-refractivity contribution in [2.45, 2.75) is 32.1 Å². The van der Waals surface area contributed by atoms with Crippen LogP contribution in [0.2, 0.25) is 0 Å². The molecule has 0 aromatic rings. The topological polar surface area (TPSA) is 26.3 Å². The quantitative estimate of drug-likeness (QED) is 0.661. The summed E-state index contributed by atoms with van der Waals surface area (Å²) >= 11 is 0. The molecule has 14 heavy (non-hydrogen) atoms. The predicted octanol–water partition coefficient (Wildman–Crippen LogP) is 2.89. The van der Waals surface area contributed by atoms with Crippen LogP contribution in [0.5, 0.6) is 0 Å². The van der Waals surface area contributed by atoms with E-state index in [4.69, 9.17) is 0 Å². The van der Waals surface area contributed by atoms with Crippen LogP contribution in [0.4, 0.5) is 8.78 Å². The van der Waals surface area contributed by atoms with E-state index >= 15 is 0 Å². The normalized spacial score (nSPS) is 19.1. The summed E-state index contributed by atoms with van der Waals surface area (Å²) in [5, 5.41) is 0. The van der Waals surface area contributed by atoms with Gasteiger partial charge in [0.2, 0.25) is 0 Å². The van der Waals surface area contributed by atoms with Crippen molar-refractivity contribution in [1.82, 2.24) is 0 Å². The number of allylic oxidation sites excluding steroid dienone is 1. The number of halogens is 2. The Kier molecular flexibility index (Phi) is 3.61. The molecule has 0 saturated heterocycles. The lowest BCUT2D eigenvalue weighted by molar-refractivity contribution is -0.152. The average molecular weight is 204 g/mol. The summed E-state index contributed by atoms with van der Waals surface area (Å²) in [5.74, 6) is -0.354. The molecular weight excluding hydrogens is 190 g/mol. The van der Waals surface area contributed by atoms with Gasteiger partial charge >= 0.3 is 5.97 Å². The standard InChI is InChI=1S/C10H14F2O2/c1-14-9(13)10(5-2-3-6-10)7-4-8(11)12/h4H,2-3,5-7H2,1H3. The van der Waals surface area contributed by atoms with Gasteiger partial charge in [-0.25, -0.2) is 0 Å². The van der Waals surface area contributed by atoms with Crippen LogP contribution in [0.3, 0.4) is 0 Å². The molecule has 0 heterocycles. The summed E-state index contributed by atoms with van der Waals surface area (Å²) in [5.41, 5.74) is -0.682. The molecule has 80 valence electrons. The highest BCUT2D eigenvalue weighted by Crippen LogP contribution is 2.42. The molecule has 1 aliphatic rings. The number of hydrogen-bond acceptors (Lipinski definition) is 2. The van der Waals surface area contributed by atoms with E-state index in [-0.39, 0.29) is 12.4 Å². The summed E-state index contributed by atoms with van der Waals surface area (Å²) in [6, 6.07) is 0. The molecule has 0 N–H and O–H groups in total. The Hall–Kier alpha value is -0.930. The Morgan fingerprint density at radius 2 is 2.00 bits per heavy atom. The molecule has 0 aromatic heterocycles. The molecule has 0 radical (unpaired) electrons. The fraction of sp³-hybridized carbons (Fsp3) is 0.700. The highest BCUT2D eigenvalue weighted by Gasteiger charge is 2.41. The lowest BCUT2D eigenvalue weighted by Gasteiger charge is -2.23. The molecular formula is C10H14F2O2. The van der Waals surface area contributed by atoms with Crippen LogP contribution >= 0.6 is 0 Å². The van der Waals surface area contributed by atoms with Gasteiger partial charge in [-0.15, -0.1) is 0 Å². The molecule has 0 bridgehead atoms. The van der Waals surface area contributed by atoms with Crippen molar-refractivity contribution < 1.29 is 18.3 Å². The number of carbonyl (C=O) groups is 1. The van der Waals surface area contributed by atoms with Crippen LogP contribution in [0, 0.1) is 5.41 Å². The Balaban J connectivity index is 2.72. The van der Waals surface area contributed by atoms with E-state index < -0.39 is 11.5 Å². The van der Waals surface area contributed by atoms with Crippen molar-refractivity contribution >= 4 is 5.97 Å². The van der Waals surface area contributed by atoms with Crippen molar-refractivity contribution in [2.75, 3.05) is 7.11 Å². The average Bonchev–Trinajstić information content (AvgIpc) is 2.63. The maximum atomic E-state index is 11.9. The fourth-order valence-electron chi connectivity index (χ4n) is 2.03. The van der Waals surface area contributed by atoms with Gasteiger partial charge in [-0.1, -0.05) is 12.8 Å². The minimum Gasteiger partial charge on any atom is -0.469 e. The highest BCUT2D eigenvalue weighted by atomic mass is 19.3. The van der Waals surface area contributed by atoms with Crippen LogP contribution < -0.4 is 0 Å². The molecule has 1 rings (SSSR count). The van der Waals surface area contributed by atoms with Crippen molar-refractivity contribution in [3.05, 3.63) is 12.2 Å². The van der Waals surface area contributed by atoms with Crippen molar-refractivity contribution in [2.24, 2.45) is 5.41 Å². The Bertz CT molecular complexity index is 239. The molecule has 1 saturated carbocycles. The van der Waals surface area contributed by atoms with E-state index in [1.165, 1.54) is 7.11 Å². The molecule has 0 aliphatic heterocycles. The second-order valence-electron chi connectivity index (χ2n) is 3.68. The fourth-order valence-corrected chi connectivity index (χ4v) is 2.03. The zero-order valence-corrected chi connectivity index (χ0v) is 8.19. The van der Waals surface area contributed by atoms with Gasteiger partial charge < -0.3 is 4.74 Å². The Morgan fingerprint density at radius 3 is 2.43 bits per heavy atom. The van der Waals surface area contributed by atoms with E-state index in [1.807, 2.05) is 0 Å². The van der Waals surface area contributed by atoms with Gasteiger partial charge in [0.15, 0.2) is 0 Å². The third kappa shape index (κ3) is 2.30. The summed E-state index contributed by atoms with van der Waals surface area (Å²) in [6.07, 6.45) is 2.34. The third-order valence-corrected chi connectivity index (χ3v) is 2.83. The smallest absolute Gasteiger partial charge is 0.312 e. The van der Waals surface area contributed by atoms with E-state index in [1.54, 1.807) is 0 Å². The summed E-state index contributed by atoms with van der Waals surface area (Å²) < 4.78 is 28.5. The minimum absolute atomic E-state index is 0.0992.